The molecule has 1 fully saturated rings. The fraction of sp³-hybridized carbons (Fsp3) is 0.588. The standard InChI is InChI=1S/C17H25ClN2S/c1-17(2)8-6-14(7-9-17)20(3)11-13-5-4-12(16(19)21)10-15(13)18/h4-5,10,14H,6-9,11H2,1-3H3,(H2,19,21). The van der Waals surface area contributed by atoms with Gasteiger partial charge in [-0.3, -0.25) is 4.90 Å². The SMILES string of the molecule is CN(Cc1ccc(C(N)=S)cc1Cl)C1CCC(C)(C)CC1. The van der Waals surface area contributed by atoms with E-state index in [2.05, 4.69) is 25.8 Å². The zero-order valence-electron chi connectivity index (χ0n) is 13.2. The van der Waals surface area contributed by atoms with Gasteiger partial charge in [-0.2, -0.15) is 0 Å². The van der Waals surface area contributed by atoms with E-state index in [1.807, 2.05) is 18.2 Å². The molecule has 1 aromatic carbocycles. The Morgan fingerprint density at radius 2 is 2.00 bits per heavy atom. The molecule has 4 heteroatoms. The first kappa shape index (κ1) is 16.7. The molecule has 0 bridgehead atoms. The molecule has 1 aliphatic rings. The summed E-state index contributed by atoms with van der Waals surface area (Å²) in [5.74, 6) is 0. The molecular weight excluding hydrogens is 300 g/mol. The van der Waals surface area contributed by atoms with E-state index in [-0.39, 0.29) is 0 Å². The molecule has 1 aromatic rings. The maximum Gasteiger partial charge on any atom is 0.104 e. The second-order valence-corrected chi connectivity index (χ2v) is 7.83. The number of thiocarbonyl (C=S) groups is 1. The Bertz CT molecular complexity index is 518. The Balaban J connectivity index is 2.00. The predicted molar refractivity (Wildman–Crippen MR) is 94.8 cm³/mol. The van der Waals surface area contributed by atoms with E-state index >= 15 is 0 Å². The molecule has 0 atom stereocenters. The lowest BCUT2D eigenvalue weighted by Crippen LogP contribution is -2.36. The number of hydrogen-bond donors (Lipinski definition) is 1. The van der Waals surface area contributed by atoms with E-state index < -0.39 is 0 Å². The van der Waals surface area contributed by atoms with Crippen molar-refractivity contribution in [2.75, 3.05) is 7.05 Å². The molecule has 0 saturated heterocycles. The van der Waals surface area contributed by atoms with Crippen LogP contribution in [0.5, 0.6) is 0 Å². The van der Waals surface area contributed by atoms with Gasteiger partial charge in [-0.05, 0) is 49.8 Å². The smallest absolute Gasteiger partial charge is 0.104 e. The van der Waals surface area contributed by atoms with Crippen LogP contribution in [0.3, 0.4) is 0 Å². The lowest BCUT2D eigenvalue weighted by atomic mass is 9.75. The maximum absolute atomic E-state index is 6.36. The van der Waals surface area contributed by atoms with Crippen LogP contribution in [0.4, 0.5) is 0 Å². The highest BCUT2D eigenvalue weighted by Crippen LogP contribution is 2.37. The van der Waals surface area contributed by atoms with Gasteiger partial charge in [0.1, 0.15) is 4.99 Å². The van der Waals surface area contributed by atoms with Crippen molar-refractivity contribution in [2.45, 2.75) is 52.1 Å². The molecule has 0 heterocycles. The molecule has 0 spiro atoms. The minimum Gasteiger partial charge on any atom is -0.389 e. The molecule has 116 valence electrons. The van der Waals surface area contributed by atoms with Crippen molar-refractivity contribution in [3.05, 3.63) is 34.3 Å². The quantitative estimate of drug-likeness (QED) is 0.834. The fourth-order valence-electron chi connectivity index (χ4n) is 3.05. The maximum atomic E-state index is 6.36. The van der Waals surface area contributed by atoms with Gasteiger partial charge < -0.3 is 5.73 Å². The van der Waals surface area contributed by atoms with Gasteiger partial charge in [0.05, 0.1) is 0 Å². The normalized spacial score (nSPS) is 18.9. The predicted octanol–water partition coefficient (Wildman–Crippen LogP) is 4.37. The molecule has 2 nitrogen and oxygen atoms in total. The molecule has 21 heavy (non-hydrogen) atoms. The van der Waals surface area contributed by atoms with Crippen LogP contribution in [0.1, 0.15) is 50.7 Å². The number of nitrogens with zero attached hydrogens (tertiary/aromatic N) is 1. The molecule has 0 aliphatic heterocycles. The lowest BCUT2D eigenvalue weighted by Gasteiger charge is -2.38. The Morgan fingerprint density at radius 1 is 1.38 bits per heavy atom. The van der Waals surface area contributed by atoms with E-state index in [0.717, 1.165) is 22.7 Å². The fourth-order valence-corrected chi connectivity index (χ4v) is 3.42. The topological polar surface area (TPSA) is 29.3 Å². The number of rotatable bonds is 4. The Kier molecular flexibility index (Phi) is 5.29. The number of benzene rings is 1. The van der Waals surface area contributed by atoms with Crippen molar-refractivity contribution in [3.63, 3.8) is 0 Å². The number of hydrogen-bond acceptors (Lipinski definition) is 2. The van der Waals surface area contributed by atoms with Gasteiger partial charge in [-0.25, -0.2) is 0 Å². The molecule has 2 rings (SSSR count). The van der Waals surface area contributed by atoms with E-state index in [4.69, 9.17) is 29.6 Å². The van der Waals surface area contributed by atoms with Gasteiger partial charge >= 0.3 is 0 Å². The Hall–Kier alpha value is -0.640. The van der Waals surface area contributed by atoms with E-state index in [9.17, 15) is 0 Å². The van der Waals surface area contributed by atoms with Crippen molar-refractivity contribution in [1.29, 1.82) is 0 Å². The zero-order chi connectivity index (χ0) is 15.6. The third-order valence-corrected chi connectivity index (χ3v) is 5.28. The van der Waals surface area contributed by atoms with Crippen LogP contribution < -0.4 is 5.73 Å². The van der Waals surface area contributed by atoms with Crippen molar-refractivity contribution in [3.8, 4) is 0 Å². The summed E-state index contributed by atoms with van der Waals surface area (Å²) in [7, 11) is 2.20. The Morgan fingerprint density at radius 3 is 2.52 bits per heavy atom. The molecule has 1 aliphatic carbocycles. The summed E-state index contributed by atoms with van der Waals surface area (Å²) in [5, 5.41) is 0.753. The van der Waals surface area contributed by atoms with Crippen molar-refractivity contribution >= 4 is 28.8 Å². The number of nitrogens with two attached hydrogens (primary N) is 1. The minimum absolute atomic E-state index is 0.395. The summed E-state index contributed by atoms with van der Waals surface area (Å²) in [6.45, 7) is 5.62. The van der Waals surface area contributed by atoms with E-state index in [1.165, 1.54) is 25.7 Å². The lowest BCUT2D eigenvalue weighted by molar-refractivity contribution is 0.123. The minimum atomic E-state index is 0.395. The van der Waals surface area contributed by atoms with E-state index in [1.54, 1.807) is 0 Å². The molecule has 1 saturated carbocycles. The molecule has 0 amide bonds. The third-order valence-electron chi connectivity index (χ3n) is 4.69. The van der Waals surface area contributed by atoms with Gasteiger partial charge in [0.2, 0.25) is 0 Å². The van der Waals surface area contributed by atoms with E-state index in [0.29, 0.717) is 16.4 Å². The average molecular weight is 325 g/mol. The van der Waals surface area contributed by atoms with Crippen molar-refractivity contribution < 1.29 is 0 Å². The highest BCUT2D eigenvalue weighted by molar-refractivity contribution is 7.80. The first-order chi connectivity index (χ1) is 9.78. The van der Waals surface area contributed by atoms with Crippen LogP contribution in [-0.4, -0.2) is 23.0 Å². The monoisotopic (exact) mass is 324 g/mol. The summed E-state index contributed by atoms with van der Waals surface area (Å²) in [5.41, 5.74) is 8.12. The summed E-state index contributed by atoms with van der Waals surface area (Å²) in [6.07, 6.45) is 5.14. The molecular formula is C17H25ClN2S. The summed E-state index contributed by atoms with van der Waals surface area (Å²) >= 11 is 11.3. The first-order valence-corrected chi connectivity index (χ1v) is 8.35. The van der Waals surface area contributed by atoms with Crippen LogP contribution in [0.25, 0.3) is 0 Å². The largest absolute Gasteiger partial charge is 0.389 e. The van der Waals surface area contributed by atoms with Gasteiger partial charge in [0, 0.05) is 23.2 Å². The molecule has 0 aromatic heterocycles. The molecule has 0 radical (unpaired) electrons. The van der Waals surface area contributed by atoms with Gasteiger partial charge in [-0.1, -0.05) is 49.8 Å². The van der Waals surface area contributed by atoms with Gasteiger partial charge in [-0.15, -0.1) is 0 Å². The second kappa shape index (κ2) is 6.64. The Labute approximate surface area is 138 Å². The van der Waals surface area contributed by atoms with Crippen molar-refractivity contribution in [2.24, 2.45) is 11.1 Å². The highest BCUT2D eigenvalue weighted by atomic mass is 35.5. The number of halogens is 1. The average Bonchev–Trinajstić information content (AvgIpc) is 2.40. The van der Waals surface area contributed by atoms with Crippen LogP contribution >= 0.6 is 23.8 Å². The second-order valence-electron chi connectivity index (χ2n) is 6.98. The first-order valence-electron chi connectivity index (χ1n) is 7.57. The summed E-state index contributed by atoms with van der Waals surface area (Å²) in [4.78, 5) is 2.82. The van der Waals surface area contributed by atoms with Gasteiger partial charge in [0.25, 0.3) is 0 Å². The zero-order valence-corrected chi connectivity index (χ0v) is 14.7. The third kappa shape index (κ3) is 4.41. The van der Waals surface area contributed by atoms with Crippen LogP contribution in [0, 0.1) is 5.41 Å². The van der Waals surface area contributed by atoms with Gasteiger partial charge in [0.15, 0.2) is 0 Å². The summed E-state index contributed by atoms with van der Waals surface area (Å²) < 4.78 is 0. The highest BCUT2D eigenvalue weighted by Gasteiger charge is 2.28. The summed E-state index contributed by atoms with van der Waals surface area (Å²) in [6, 6.07) is 6.53. The van der Waals surface area contributed by atoms with Crippen LogP contribution in [-0.2, 0) is 6.54 Å². The van der Waals surface area contributed by atoms with Crippen LogP contribution in [0.15, 0.2) is 18.2 Å². The van der Waals surface area contributed by atoms with Crippen LogP contribution in [0.2, 0.25) is 5.02 Å². The molecule has 0 unspecified atom stereocenters. The van der Waals surface area contributed by atoms with Crippen molar-refractivity contribution in [1.82, 2.24) is 4.90 Å². The molecule has 2 N–H and O–H groups in total.